The van der Waals surface area contributed by atoms with Crippen molar-refractivity contribution in [2.45, 2.75) is 52.1 Å². The average Bonchev–Trinajstić information content (AvgIpc) is 3.21. The zero-order valence-electron chi connectivity index (χ0n) is 20.3. The Morgan fingerprint density at radius 2 is 1.86 bits per heavy atom. The summed E-state index contributed by atoms with van der Waals surface area (Å²) in [6, 6.07) is 14.6. The van der Waals surface area contributed by atoms with Crippen LogP contribution in [-0.2, 0) is 33.3 Å². The van der Waals surface area contributed by atoms with Crippen molar-refractivity contribution in [2.24, 2.45) is 0 Å². The van der Waals surface area contributed by atoms with Gasteiger partial charge in [-0.05, 0) is 61.2 Å². The van der Waals surface area contributed by atoms with Gasteiger partial charge in [-0.3, -0.25) is 4.79 Å². The van der Waals surface area contributed by atoms with E-state index < -0.39 is 23.5 Å². The van der Waals surface area contributed by atoms with E-state index in [1.54, 1.807) is 14.0 Å². The van der Waals surface area contributed by atoms with Crippen LogP contribution in [0.3, 0.4) is 0 Å². The molecule has 3 rings (SSSR count). The third kappa shape index (κ3) is 6.89. The number of carboxylic acid groups (broad SMARTS) is 1. The minimum atomic E-state index is -1.79. The van der Waals surface area contributed by atoms with Crippen LogP contribution in [0.25, 0.3) is 0 Å². The predicted octanol–water partition coefficient (Wildman–Crippen LogP) is 5.73. The molecule has 0 aliphatic carbocycles. The average molecular weight is 503 g/mol. The van der Waals surface area contributed by atoms with Gasteiger partial charge in [0.25, 0.3) is 0 Å². The van der Waals surface area contributed by atoms with Gasteiger partial charge in [0, 0.05) is 17.4 Å². The maximum absolute atomic E-state index is 14.8. The number of thiophene rings is 1. The Morgan fingerprint density at radius 1 is 1.14 bits per heavy atom. The van der Waals surface area contributed by atoms with Crippen LogP contribution in [0.5, 0.6) is 5.75 Å². The Kier molecular flexibility index (Phi) is 9.02. The van der Waals surface area contributed by atoms with Gasteiger partial charge in [0.05, 0.1) is 31.6 Å². The first-order valence-corrected chi connectivity index (χ1v) is 12.1. The monoisotopic (exact) mass is 502 g/mol. The lowest BCUT2D eigenvalue weighted by Crippen LogP contribution is -2.24. The summed E-state index contributed by atoms with van der Waals surface area (Å²) in [5.74, 6) is -3.21. The summed E-state index contributed by atoms with van der Waals surface area (Å²) in [6.45, 7) is 6.01. The van der Waals surface area contributed by atoms with Gasteiger partial charge in [0.2, 0.25) is 5.79 Å². The van der Waals surface area contributed by atoms with Gasteiger partial charge in [0.15, 0.2) is 0 Å². The van der Waals surface area contributed by atoms with Crippen LogP contribution in [0.2, 0.25) is 0 Å². The number of carboxylic acids is 1. The third-order valence-electron chi connectivity index (χ3n) is 5.74. The molecule has 0 saturated heterocycles. The number of carbonyl (C=O) groups is 1. The number of hydrogen-bond acceptors (Lipinski definition) is 6. The highest BCUT2D eigenvalue weighted by atomic mass is 32.1. The van der Waals surface area contributed by atoms with Crippen LogP contribution >= 0.6 is 11.3 Å². The molecule has 0 radical (unpaired) electrons. The fourth-order valence-electron chi connectivity index (χ4n) is 3.84. The van der Waals surface area contributed by atoms with Gasteiger partial charge in [-0.1, -0.05) is 30.3 Å². The molecule has 8 heteroatoms. The summed E-state index contributed by atoms with van der Waals surface area (Å²) >= 11 is 1.02. The Bertz CT molecular complexity index is 1140. The fraction of sp³-hybridized carbons (Fsp3) is 0.370. The van der Waals surface area contributed by atoms with E-state index in [0.717, 1.165) is 39.3 Å². The quantitative estimate of drug-likeness (QED) is 0.308. The minimum Gasteiger partial charge on any atom is -0.497 e. The van der Waals surface area contributed by atoms with E-state index in [-0.39, 0.29) is 17.9 Å². The molecule has 35 heavy (non-hydrogen) atoms. The number of aliphatic carboxylic acids is 1. The van der Waals surface area contributed by atoms with Gasteiger partial charge >= 0.3 is 5.97 Å². The lowest BCUT2D eigenvalue weighted by Gasteiger charge is -2.21. The van der Waals surface area contributed by atoms with Crippen molar-refractivity contribution in [3.05, 3.63) is 86.4 Å². The number of halogens is 1. The molecule has 0 spiro atoms. The third-order valence-corrected chi connectivity index (χ3v) is 7.15. The van der Waals surface area contributed by atoms with Crippen LogP contribution in [0.1, 0.15) is 58.2 Å². The number of aliphatic hydroxyl groups is 1. The smallest absolute Gasteiger partial charge is 0.304 e. The number of aryl methyl sites for hydroxylation is 1. The molecule has 6 nitrogen and oxygen atoms in total. The van der Waals surface area contributed by atoms with E-state index in [0.29, 0.717) is 18.1 Å². The van der Waals surface area contributed by atoms with Crippen molar-refractivity contribution >= 4 is 17.3 Å². The molecule has 0 aliphatic rings. The molecule has 0 aliphatic heterocycles. The number of methoxy groups -OCH3 is 1. The van der Waals surface area contributed by atoms with Crippen LogP contribution in [0.4, 0.5) is 4.39 Å². The number of benzene rings is 2. The molecule has 2 unspecified atom stereocenters. The number of rotatable bonds is 12. The topological polar surface area (TPSA) is 85.2 Å². The molecule has 1 aromatic heterocycles. The summed E-state index contributed by atoms with van der Waals surface area (Å²) in [7, 11) is 1.62. The van der Waals surface area contributed by atoms with E-state index in [9.17, 15) is 19.4 Å². The second kappa shape index (κ2) is 11.8. The molecule has 2 aromatic carbocycles. The molecule has 0 amide bonds. The molecular formula is C27H31FO6S. The lowest BCUT2D eigenvalue weighted by molar-refractivity contribution is -0.194. The van der Waals surface area contributed by atoms with Crippen molar-refractivity contribution < 1.29 is 33.6 Å². The Hall–Kier alpha value is -2.78. The van der Waals surface area contributed by atoms with Gasteiger partial charge in [-0.2, -0.15) is 0 Å². The molecule has 2 atom stereocenters. The first kappa shape index (κ1) is 26.8. The molecular weight excluding hydrogens is 471 g/mol. The first-order valence-electron chi connectivity index (χ1n) is 11.3. The number of ether oxygens (including phenoxy) is 3. The normalized spacial score (nSPS) is 13.9. The van der Waals surface area contributed by atoms with E-state index >= 15 is 0 Å². The molecule has 0 bridgehead atoms. The van der Waals surface area contributed by atoms with E-state index in [2.05, 4.69) is 0 Å². The summed E-state index contributed by atoms with van der Waals surface area (Å²) < 4.78 is 31.1. The molecule has 0 fully saturated rings. The fourth-order valence-corrected chi connectivity index (χ4v) is 5.01. The van der Waals surface area contributed by atoms with E-state index in [1.807, 2.05) is 49.4 Å². The Morgan fingerprint density at radius 3 is 2.49 bits per heavy atom. The van der Waals surface area contributed by atoms with Crippen molar-refractivity contribution in [1.29, 1.82) is 0 Å². The van der Waals surface area contributed by atoms with Crippen molar-refractivity contribution in [3.63, 3.8) is 0 Å². The van der Waals surface area contributed by atoms with Crippen LogP contribution in [0.15, 0.2) is 48.5 Å². The zero-order valence-corrected chi connectivity index (χ0v) is 21.2. The lowest BCUT2D eigenvalue weighted by atomic mass is 9.91. The van der Waals surface area contributed by atoms with E-state index in [4.69, 9.17) is 14.2 Å². The van der Waals surface area contributed by atoms with Crippen LogP contribution < -0.4 is 4.74 Å². The van der Waals surface area contributed by atoms with Gasteiger partial charge in [0.1, 0.15) is 11.6 Å². The van der Waals surface area contributed by atoms with Crippen LogP contribution in [-0.4, -0.2) is 29.9 Å². The van der Waals surface area contributed by atoms with Gasteiger partial charge in [-0.25, -0.2) is 4.39 Å². The minimum absolute atomic E-state index is 0.0277. The Labute approximate surface area is 208 Å². The van der Waals surface area contributed by atoms with Crippen molar-refractivity contribution in [1.82, 2.24) is 0 Å². The second-order valence-electron chi connectivity index (χ2n) is 8.42. The molecule has 3 aromatic rings. The summed E-state index contributed by atoms with van der Waals surface area (Å²) in [5, 5.41) is 20.1. The molecule has 0 saturated carbocycles. The first-order chi connectivity index (χ1) is 16.6. The molecule has 1 heterocycles. The highest BCUT2D eigenvalue weighted by Crippen LogP contribution is 2.39. The molecule has 188 valence electrons. The highest BCUT2D eigenvalue weighted by Gasteiger charge is 2.32. The highest BCUT2D eigenvalue weighted by molar-refractivity contribution is 7.12. The summed E-state index contributed by atoms with van der Waals surface area (Å²) in [5.41, 5.74) is 3.68. The van der Waals surface area contributed by atoms with E-state index in [1.165, 1.54) is 13.0 Å². The Balaban J connectivity index is 1.83. The largest absolute Gasteiger partial charge is 0.497 e. The van der Waals surface area contributed by atoms with Crippen molar-refractivity contribution in [3.8, 4) is 5.75 Å². The maximum atomic E-state index is 14.8. The maximum Gasteiger partial charge on any atom is 0.304 e. The number of hydrogen-bond donors (Lipinski definition) is 2. The zero-order chi connectivity index (χ0) is 25.6. The summed E-state index contributed by atoms with van der Waals surface area (Å²) in [6.07, 6.45) is -0.217. The standard InChI is InChI=1S/C27H31FO6S/c1-5-34-27(3,31)26-23(28)14-24(35-26)22(13-25(29)30)19-9-6-17(2)20(12-19)16-33-15-18-7-10-21(32-4)11-8-18/h6-12,14,22,31H,5,13,15-16H2,1-4H3,(H,29,30). The van der Waals surface area contributed by atoms with Crippen LogP contribution in [0, 0.1) is 12.7 Å². The SMILES string of the molecule is CCOC(C)(O)c1sc(C(CC(=O)O)c2ccc(C)c(COCc3ccc(OC)cc3)c2)cc1F. The van der Waals surface area contributed by atoms with Crippen molar-refractivity contribution in [2.75, 3.05) is 13.7 Å². The predicted molar refractivity (Wildman–Crippen MR) is 132 cm³/mol. The molecule has 2 N–H and O–H groups in total. The second-order valence-corrected chi connectivity index (χ2v) is 9.50. The van der Waals surface area contributed by atoms with Gasteiger partial charge in [-0.15, -0.1) is 11.3 Å². The summed E-state index contributed by atoms with van der Waals surface area (Å²) in [4.78, 5) is 12.2. The van der Waals surface area contributed by atoms with Gasteiger partial charge < -0.3 is 24.4 Å².